The lowest BCUT2D eigenvalue weighted by Gasteiger charge is -2.20. The summed E-state index contributed by atoms with van der Waals surface area (Å²) in [5.74, 6) is -0.945. The van der Waals surface area contributed by atoms with Crippen LogP contribution < -0.4 is 10.6 Å². The monoisotopic (exact) mass is 224 g/mol. The normalized spacial score (nSPS) is 9.67. The largest absolute Gasteiger partial charge is 0.478 e. The molecule has 0 fully saturated rings. The molecule has 0 aromatic heterocycles. The van der Waals surface area contributed by atoms with Crippen LogP contribution in [-0.4, -0.2) is 22.7 Å². The van der Waals surface area contributed by atoms with Crippen molar-refractivity contribution in [3.05, 3.63) is 29.8 Å². The van der Waals surface area contributed by atoms with Crippen molar-refractivity contribution in [1.82, 2.24) is 0 Å². The molecule has 0 aliphatic carbocycles. The molecule has 0 amide bonds. The molecule has 5 heteroatoms. The first-order valence-corrected chi connectivity index (χ1v) is 4.87. The summed E-state index contributed by atoms with van der Waals surface area (Å²) in [5, 5.41) is 8.99. The predicted octanol–water partition coefficient (Wildman–Crippen LogP) is 1.45. The molecule has 1 rings (SSSR count). The number of benzene rings is 1. The Bertz CT molecular complexity index is 376. The van der Waals surface area contributed by atoms with Gasteiger partial charge in [-0.1, -0.05) is 0 Å². The number of carbonyl (C=O) groups is 1. The Morgan fingerprint density at radius 3 is 2.33 bits per heavy atom. The van der Waals surface area contributed by atoms with Gasteiger partial charge in [-0.3, -0.25) is 0 Å². The third-order valence-electron chi connectivity index (χ3n) is 2.01. The smallest absolute Gasteiger partial charge is 0.335 e. The molecule has 0 spiro atoms. The van der Waals surface area contributed by atoms with E-state index in [0.29, 0.717) is 6.54 Å². The maximum atomic E-state index is 10.6. The average molecular weight is 224 g/mol. The summed E-state index contributed by atoms with van der Waals surface area (Å²) in [6, 6.07) is 6.43. The number of rotatable bonds is 3. The van der Waals surface area contributed by atoms with Crippen molar-refractivity contribution in [2.45, 2.75) is 6.92 Å². The molecule has 0 saturated carbocycles. The molecule has 0 radical (unpaired) electrons. The van der Waals surface area contributed by atoms with E-state index in [1.807, 2.05) is 6.92 Å². The fourth-order valence-corrected chi connectivity index (χ4v) is 1.48. The van der Waals surface area contributed by atoms with Crippen molar-refractivity contribution < 1.29 is 9.90 Å². The van der Waals surface area contributed by atoms with E-state index in [-0.39, 0.29) is 10.7 Å². The maximum Gasteiger partial charge on any atom is 0.335 e. The minimum Gasteiger partial charge on any atom is -0.478 e. The molecular formula is C10H12N2O2S. The van der Waals surface area contributed by atoms with E-state index >= 15 is 0 Å². The summed E-state index contributed by atoms with van der Waals surface area (Å²) in [4.78, 5) is 12.3. The summed E-state index contributed by atoms with van der Waals surface area (Å²) in [6.07, 6.45) is 0. The van der Waals surface area contributed by atoms with Crippen molar-refractivity contribution in [3.8, 4) is 0 Å². The number of hydrogen-bond donors (Lipinski definition) is 2. The summed E-state index contributed by atoms with van der Waals surface area (Å²) in [6.45, 7) is 2.58. The van der Waals surface area contributed by atoms with E-state index in [9.17, 15) is 4.79 Å². The molecule has 0 aliphatic heterocycles. The van der Waals surface area contributed by atoms with Crippen molar-refractivity contribution in [3.63, 3.8) is 0 Å². The molecule has 80 valence electrons. The van der Waals surface area contributed by atoms with Crippen LogP contribution in [0.25, 0.3) is 0 Å². The van der Waals surface area contributed by atoms with Gasteiger partial charge in [0.15, 0.2) is 5.11 Å². The Morgan fingerprint density at radius 2 is 2.00 bits per heavy atom. The van der Waals surface area contributed by atoms with Crippen LogP contribution in [0.5, 0.6) is 0 Å². The zero-order valence-corrected chi connectivity index (χ0v) is 9.12. The zero-order chi connectivity index (χ0) is 11.4. The molecular weight excluding hydrogens is 212 g/mol. The molecule has 3 N–H and O–H groups in total. The van der Waals surface area contributed by atoms with Crippen LogP contribution in [0.15, 0.2) is 24.3 Å². The van der Waals surface area contributed by atoms with Gasteiger partial charge < -0.3 is 15.7 Å². The molecule has 0 atom stereocenters. The van der Waals surface area contributed by atoms with Gasteiger partial charge in [0.05, 0.1) is 5.56 Å². The third kappa shape index (κ3) is 2.66. The standard InChI is InChI=1S/C10H12N2O2S/c1-2-12(10(11)15)8-5-3-7(4-6-8)9(13)14/h3-6H,2H2,1H3,(H2,11,15)(H,13,14). The summed E-state index contributed by atoms with van der Waals surface area (Å²) >= 11 is 4.87. The van der Waals surface area contributed by atoms with Crippen LogP contribution in [0.2, 0.25) is 0 Å². The zero-order valence-electron chi connectivity index (χ0n) is 8.30. The first-order chi connectivity index (χ1) is 7.06. The second-order valence-electron chi connectivity index (χ2n) is 2.93. The SMILES string of the molecule is CCN(C(N)=S)c1ccc(C(=O)O)cc1. The molecule has 4 nitrogen and oxygen atoms in total. The Kier molecular flexibility index (Phi) is 3.62. The van der Waals surface area contributed by atoms with Gasteiger partial charge in [-0.25, -0.2) is 4.79 Å². The summed E-state index contributed by atoms with van der Waals surface area (Å²) < 4.78 is 0. The van der Waals surface area contributed by atoms with Gasteiger partial charge in [0.1, 0.15) is 0 Å². The topological polar surface area (TPSA) is 66.6 Å². The number of carboxylic acids is 1. The highest BCUT2D eigenvalue weighted by Gasteiger charge is 2.08. The van der Waals surface area contributed by atoms with Gasteiger partial charge in [0.25, 0.3) is 0 Å². The third-order valence-corrected chi connectivity index (χ3v) is 2.23. The highest BCUT2D eigenvalue weighted by molar-refractivity contribution is 7.80. The predicted molar refractivity (Wildman–Crippen MR) is 63.2 cm³/mol. The van der Waals surface area contributed by atoms with Gasteiger partial charge in [-0.05, 0) is 43.4 Å². The van der Waals surface area contributed by atoms with Crippen molar-refractivity contribution in [2.24, 2.45) is 5.73 Å². The van der Waals surface area contributed by atoms with Gasteiger partial charge in [0.2, 0.25) is 0 Å². The lowest BCUT2D eigenvalue weighted by molar-refractivity contribution is 0.0697. The molecule has 0 heterocycles. The van der Waals surface area contributed by atoms with Crippen molar-refractivity contribution in [2.75, 3.05) is 11.4 Å². The molecule has 0 bridgehead atoms. The van der Waals surface area contributed by atoms with E-state index in [1.165, 1.54) is 12.1 Å². The maximum absolute atomic E-state index is 10.6. The van der Waals surface area contributed by atoms with Crippen LogP contribution in [0.4, 0.5) is 5.69 Å². The van der Waals surface area contributed by atoms with E-state index in [2.05, 4.69) is 0 Å². The van der Waals surface area contributed by atoms with Crippen molar-refractivity contribution >= 4 is 29.0 Å². The number of hydrogen-bond acceptors (Lipinski definition) is 2. The number of aromatic carboxylic acids is 1. The van der Waals surface area contributed by atoms with Crippen LogP contribution in [0.1, 0.15) is 17.3 Å². The Morgan fingerprint density at radius 1 is 1.47 bits per heavy atom. The van der Waals surface area contributed by atoms with Crippen LogP contribution in [0.3, 0.4) is 0 Å². The Balaban J connectivity index is 2.97. The lowest BCUT2D eigenvalue weighted by atomic mass is 10.2. The fraction of sp³-hybridized carbons (Fsp3) is 0.200. The van der Waals surface area contributed by atoms with Gasteiger partial charge in [-0.2, -0.15) is 0 Å². The molecule has 0 aliphatic rings. The number of nitrogens with two attached hydrogens (primary N) is 1. The first-order valence-electron chi connectivity index (χ1n) is 4.46. The van der Waals surface area contributed by atoms with Crippen LogP contribution in [-0.2, 0) is 0 Å². The van der Waals surface area contributed by atoms with E-state index in [1.54, 1.807) is 17.0 Å². The number of anilines is 1. The number of nitrogens with zero attached hydrogens (tertiary/aromatic N) is 1. The first kappa shape index (κ1) is 11.5. The van der Waals surface area contributed by atoms with E-state index in [4.69, 9.17) is 23.1 Å². The number of thiocarbonyl (C=S) groups is 1. The van der Waals surface area contributed by atoms with Gasteiger partial charge in [0, 0.05) is 12.2 Å². The summed E-state index contributed by atoms with van der Waals surface area (Å²) in [7, 11) is 0. The minimum atomic E-state index is -0.945. The second kappa shape index (κ2) is 4.75. The van der Waals surface area contributed by atoms with Crippen molar-refractivity contribution in [1.29, 1.82) is 0 Å². The molecule has 1 aromatic carbocycles. The van der Waals surface area contributed by atoms with Gasteiger partial charge in [-0.15, -0.1) is 0 Å². The lowest BCUT2D eigenvalue weighted by Crippen LogP contribution is -2.35. The second-order valence-corrected chi connectivity index (χ2v) is 3.35. The van der Waals surface area contributed by atoms with E-state index in [0.717, 1.165) is 5.69 Å². The highest BCUT2D eigenvalue weighted by atomic mass is 32.1. The average Bonchev–Trinajstić information content (AvgIpc) is 2.19. The molecule has 15 heavy (non-hydrogen) atoms. The summed E-state index contributed by atoms with van der Waals surface area (Å²) in [5.41, 5.74) is 6.57. The number of carboxylic acid groups (broad SMARTS) is 1. The Labute approximate surface area is 93.3 Å². The fourth-order valence-electron chi connectivity index (χ4n) is 1.25. The molecule has 0 unspecified atom stereocenters. The Hall–Kier alpha value is -1.62. The van der Waals surface area contributed by atoms with Gasteiger partial charge >= 0.3 is 5.97 Å². The van der Waals surface area contributed by atoms with Crippen LogP contribution in [0, 0.1) is 0 Å². The molecule has 1 aromatic rings. The van der Waals surface area contributed by atoms with E-state index < -0.39 is 5.97 Å². The van der Waals surface area contributed by atoms with Crippen LogP contribution >= 0.6 is 12.2 Å². The minimum absolute atomic E-state index is 0.248. The quantitative estimate of drug-likeness (QED) is 0.761. The molecule has 0 saturated heterocycles. The highest BCUT2D eigenvalue weighted by Crippen LogP contribution is 2.14.